The largest absolute Gasteiger partial charge is 0.381 e. The van der Waals surface area contributed by atoms with Crippen molar-refractivity contribution < 1.29 is 13.2 Å². The standard InChI is InChI=1S/C11H15ClN2O3S/c1-8(9-4-5-17-7-9)14-18(15,16)10-2-3-11(12)13-6-10/h2-3,6,8-9,14H,4-5,7H2,1H3. The number of rotatable bonds is 4. The molecule has 1 aromatic rings. The summed E-state index contributed by atoms with van der Waals surface area (Å²) in [7, 11) is -3.54. The van der Waals surface area contributed by atoms with Gasteiger partial charge in [-0.15, -0.1) is 0 Å². The quantitative estimate of drug-likeness (QED) is 0.852. The summed E-state index contributed by atoms with van der Waals surface area (Å²) in [6, 6.07) is 2.74. The molecule has 1 aliphatic heterocycles. The van der Waals surface area contributed by atoms with Crippen LogP contribution in [-0.2, 0) is 14.8 Å². The highest BCUT2D eigenvalue weighted by molar-refractivity contribution is 7.89. The number of hydrogen-bond donors (Lipinski definition) is 1. The third-order valence-electron chi connectivity index (χ3n) is 3.02. The fourth-order valence-corrected chi connectivity index (χ4v) is 3.25. The topological polar surface area (TPSA) is 68.3 Å². The molecular weight excluding hydrogens is 276 g/mol. The molecule has 2 atom stereocenters. The van der Waals surface area contributed by atoms with Crippen LogP contribution < -0.4 is 4.72 Å². The van der Waals surface area contributed by atoms with Gasteiger partial charge >= 0.3 is 0 Å². The zero-order chi connectivity index (χ0) is 13.2. The summed E-state index contributed by atoms with van der Waals surface area (Å²) < 4.78 is 32.0. The molecule has 0 aliphatic carbocycles. The first-order chi connectivity index (χ1) is 8.49. The van der Waals surface area contributed by atoms with Gasteiger partial charge in [-0.1, -0.05) is 11.6 Å². The van der Waals surface area contributed by atoms with E-state index in [0.29, 0.717) is 13.2 Å². The Balaban J connectivity index is 2.09. The number of ether oxygens (including phenoxy) is 1. The minimum atomic E-state index is -3.54. The summed E-state index contributed by atoms with van der Waals surface area (Å²) in [6.07, 6.45) is 2.13. The Morgan fingerprint density at radius 3 is 2.89 bits per heavy atom. The lowest BCUT2D eigenvalue weighted by atomic mass is 10.0. The van der Waals surface area contributed by atoms with Gasteiger partial charge in [-0.05, 0) is 25.5 Å². The molecule has 100 valence electrons. The summed E-state index contributed by atoms with van der Waals surface area (Å²) in [4.78, 5) is 3.89. The average molecular weight is 291 g/mol. The van der Waals surface area contributed by atoms with Crippen molar-refractivity contribution in [3.05, 3.63) is 23.5 Å². The number of sulfonamides is 1. The van der Waals surface area contributed by atoms with Gasteiger partial charge in [0, 0.05) is 24.8 Å². The van der Waals surface area contributed by atoms with Gasteiger partial charge in [0.25, 0.3) is 0 Å². The van der Waals surface area contributed by atoms with E-state index in [0.717, 1.165) is 6.42 Å². The van der Waals surface area contributed by atoms with E-state index in [4.69, 9.17) is 16.3 Å². The van der Waals surface area contributed by atoms with E-state index < -0.39 is 10.0 Å². The second kappa shape index (κ2) is 5.52. The first-order valence-electron chi connectivity index (χ1n) is 5.70. The van der Waals surface area contributed by atoms with E-state index in [-0.39, 0.29) is 22.0 Å². The third-order valence-corrected chi connectivity index (χ3v) is 4.79. The molecule has 0 saturated carbocycles. The highest BCUT2D eigenvalue weighted by Gasteiger charge is 2.26. The molecule has 0 bridgehead atoms. The monoisotopic (exact) mass is 290 g/mol. The number of pyridine rings is 1. The van der Waals surface area contributed by atoms with Crippen LogP contribution in [-0.4, -0.2) is 32.7 Å². The molecule has 2 heterocycles. The normalized spacial score (nSPS) is 22.0. The van der Waals surface area contributed by atoms with Crippen molar-refractivity contribution in [2.45, 2.75) is 24.3 Å². The number of hydrogen-bond acceptors (Lipinski definition) is 4. The van der Waals surface area contributed by atoms with Crippen LogP contribution in [0.1, 0.15) is 13.3 Å². The summed E-state index contributed by atoms with van der Waals surface area (Å²) in [5, 5.41) is 0.270. The fraction of sp³-hybridized carbons (Fsp3) is 0.545. The third kappa shape index (κ3) is 3.20. The van der Waals surface area contributed by atoms with Crippen LogP contribution in [0.3, 0.4) is 0 Å². The second-order valence-corrected chi connectivity index (χ2v) is 6.45. The summed E-state index contributed by atoms with van der Waals surface area (Å²) in [6.45, 7) is 3.14. The van der Waals surface area contributed by atoms with E-state index >= 15 is 0 Å². The van der Waals surface area contributed by atoms with Gasteiger partial charge in [0.2, 0.25) is 10.0 Å². The predicted octanol–water partition coefficient (Wildman–Crippen LogP) is 1.44. The summed E-state index contributed by atoms with van der Waals surface area (Å²) >= 11 is 5.63. The van der Waals surface area contributed by atoms with Crippen molar-refractivity contribution in [3.63, 3.8) is 0 Å². The SMILES string of the molecule is CC(NS(=O)(=O)c1ccc(Cl)nc1)C1CCOC1. The van der Waals surface area contributed by atoms with E-state index in [1.165, 1.54) is 18.3 Å². The first kappa shape index (κ1) is 13.7. The van der Waals surface area contributed by atoms with Crippen LogP contribution in [0.15, 0.2) is 23.2 Å². The predicted molar refractivity (Wildman–Crippen MR) is 68.0 cm³/mol. The van der Waals surface area contributed by atoms with Crippen molar-refractivity contribution >= 4 is 21.6 Å². The molecule has 7 heteroatoms. The zero-order valence-corrected chi connectivity index (χ0v) is 11.5. The molecule has 1 N–H and O–H groups in total. The number of nitrogens with one attached hydrogen (secondary N) is 1. The van der Waals surface area contributed by atoms with E-state index in [1.54, 1.807) is 0 Å². The van der Waals surface area contributed by atoms with Gasteiger partial charge in [-0.2, -0.15) is 0 Å². The van der Waals surface area contributed by atoms with Gasteiger partial charge in [-0.3, -0.25) is 0 Å². The fourth-order valence-electron chi connectivity index (χ4n) is 1.88. The molecule has 18 heavy (non-hydrogen) atoms. The average Bonchev–Trinajstić information content (AvgIpc) is 2.82. The maximum absolute atomic E-state index is 12.1. The lowest BCUT2D eigenvalue weighted by Crippen LogP contribution is -2.38. The molecule has 2 rings (SSSR count). The molecule has 0 radical (unpaired) electrons. The van der Waals surface area contributed by atoms with Gasteiger partial charge in [0.1, 0.15) is 10.0 Å². The molecule has 0 amide bonds. The minimum absolute atomic E-state index is 0.123. The maximum atomic E-state index is 12.1. The van der Waals surface area contributed by atoms with Crippen LogP contribution in [0.2, 0.25) is 5.15 Å². The van der Waals surface area contributed by atoms with Crippen molar-refractivity contribution in [1.82, 2.24) is 9.71 Å². The minimum Gasteiger partial charge on any atom is -0.381 e. The van der Waals surface area contributed by atoms with Crippen molar-refractivity contribution in [2.75, 3.05) is 13.2 Å². The Morgan fingerprint density at radius 2 is 2.33 bits per heavy atom. The molecule has 0 aromatic carbocycles. The van der Waals surface area contributed by atoms with Gasteiger partial charge in [-0.25, -0.2) is 18.1 Å². The lowest BCUT2D eigenvalue weighted by Gasteiger charge is -2.19. The maximum Gasteiger partial charge on any atom is 0.242 e. The summed E-state index contributed by atoms with van der Waals surface area (Å²) in [5.41, 5.74) is 0. The molecule has 1 fully saturated rings. The molecular formula is C11H15ClN2O3S. The molecule has 5 nitrogen and oxygen atoms in total. The molecule has 1 aliphatic rings. The molecule has 1 aromatic heterocycles. The van der Waals surface area contributed by atoms with Crippen LogP contribution in [0.5, 0.6) is 0 Å². The van der Waals surface area contributed by atoms with Crippen LogP contribution in [0.25, 0.3) is 0 Å². The summed E-state index contributed by atoms with van der Waals surface area (Å²) in [5.74, 6) is 0.222. The first-order valence-corrected chi connectivity index (χ1v) is 7.57. The van der Waals surface area contributed by atoms with E-state index in [9.17, 15) is 8.42 Å². The highest BCUT2D eigenvalue weighted by atomic mass is 35.5. The Hall–Kier alpha value is -0.690. The smallest absolute Gasteiger partial charge is 0.242 e. The second-order valence-electron chi connectivity index (χ2n) is 4.35. The number of nitrogens with zero attached hydrogens (tertiary/aromatic N) is 1. The Morgan fingerprint density at radius 1 is 1.56 bits per heavy atom. The van der Waals surface area contributed by atoms with Crippen molar-refractivity contribution in [2.24, 2.45) is 5.92 Å². The van der Waals surface area contributed by atoms with Crippen molar-refractivity contribution in [1.29, 1.82) is 0 Å². The van der Waals surface area contributed by atoms with Gasteiger partial charge in [0.05, 0.1) is 6.61 Å². The highest BCUT2D eigenvalue weighted by Crippen LogP contribution is 2.19. The molecule has 1 saturated heterocycles. The van der Waals surface area contributed by atoms with Gasteiger partial charge < -0.3 is 4.74 Å². The molecule has 2 unspecified atom stereocenters. The van der Waals surface area contributed by atoms with Crippen LogP contribution in [0, 0.1) is 5.92 Å². The van der Waals surface area contributed by atoms with Crippen LogP contribution >= 0.6 is 11.6 Å². The van der Waals surface area contributed by atoms with Crippen LogP contribution in [0.4, 0.5) is 0 Å². The Bertz CT molecular complexity index is 498. The van der Waals surface area contributed by atoms with E-state index in [2.05, 4.69) is 9.71 Å². The Labute approximate surface area is 112 Å². The van der Waals surface area contributed by atoms with Crippen molar-refractivity contribution in [3.8, 4) is 0 Å². The lowest BCUT2D eigenvalue weighted by molar-refractivity contribution is 0.180. The number of aromatic nitrogens is 1. The molecule has 0 spiro atoms. The zero-order valence-electron chi connectivity index (χ0n) is 9.97. The Kier molecular flexibility index (Phi) is 4.21. The number of halogens is 1. The van der Waals surface area contributed by atoms with E-state index in [1.807, 2.05) is 6.92 Å². The van der Waals surface area contributed by atoms with Gasteiger partial charge in [0.15, 0.2) is 0 Å².